The second kappa shape index (κ2) is 8.09. The molecule has 1 fully saturated rings. The number of fused-ring (bicyclic) bond motifs is 1. The molecular formula is C19H24N2O2. The van der Waals surface area contributed by atoms with Crippen LogP contribution < -0.4 is 5.32 Å². The lowest BCUT2D eigenvalue weighted by atomic mass is 10.0. The van der Waals surface area contributed by atoms with Crippen LogP contribution in [0, 0.1) is 0 Å². The third kappa shape index (κ3) is 4.53. The number of hydrogen-bond donors (Lipinski definition) is 1. The van der Waals surface area contributed by atoms with Crippen LogP contribution in [-0.4, -0.2) is 50.2 Å². The largest absolute Gasteiger partial charge is 0.379 e. The maximum atomic E-state index is 12.2. The fraction of sp³-hybridized carbons (Fsp3) is 0.421. The van der Waals surface area contributed by atoms with Crippen LogP contribution in [0.3, 0.4) is 0 Å². The van der Waals surface area contributed by atoms with Gasteiger partial charge in [0.2, 0.25) is 5.91 Å². The van der Waals surface area contributed by atoms with Gasteiger partial charge < -0.3 is 10.1 Å². The number of ether oxygens (including phenoxy) is 1. The lowest BCUT2D eigenvalue weighted by Crippen LogP contribution is -2.38. The van der Waals surface area contributed by atoms with Gasteiger partial charge in [-0.25, -0.2) is 0 Å². The van der Waals surface area contributed by atoms with E-state index in [2.05, 4.69) is 28.4 Å². The molecule has 0 atom stereocenters. The van der Waals surface area contributed by atoms with E-state index in [1.54, 1.807) is 0 Å². The van der Waals surface area contributed by atoms with Crippen molar-refractivity contribution < 1.29 is 9.53 Å². The summed E-state index contributed by atoms with van der Waals surface area (Å²) in [5.41, 5.74) is 1.09. The molecule has 4 heteroatoms. The van der Waals surface area contributed by atoms with Gasteiger partial charge in [-0.05, 0) is 29.3 Å². The standard InChI is InChI=1S/C19H24N2O2/c22-19(20-9-4-10-21-11-13-23-14-12-21)15-17-7-3-6-16-5-1-2-8-18(16)17/h1-3,5-8H,4,9-15H2,(H,20,22). The molecule has 1 aliphatic heterocycles. The lowest BCUT2D eigenvalue weighted by Gasteiger charge is -2.26. The van der Waals surface area contributed by atoms with E-state index in [4.69, 9.17) is 4.74 Å². The van der Waals surface area contributed by atoms with E-state index in [-0.39, 0.29) is 5.91 Å². The minimum atomic E-state index is 0.100. The Morgan fingerprint density at radius 2 is 1.87 bits per heavy atom. The molecular weight excluding hydrogens is 288 g/mol. The van der Waals surface area contributed by atoms with Crippen molar-refractivity contribution in [3.05, 3.63) is 48.0 Å². The topological polar surface area (TPSA) is 41.6 Å². The number of carbonyl (C=O) groups is 1. The van der Waals surface area contributed by atoms with E-state index in [1.165, 1.54) is 10.8 Å². The van der Waals surface area contributed by atoms with Crippen molar-refractivity contribution in [3.8, 4) is 0 Å². The maximum absolute atomic E-state index is 12.2. The number of rotatable bonds is 6. The van der Waals surface area contributed by atoms with Crippen molar-refractivity contribution in [1.82, 2.24) is 10.2 Å². The summed E-state index contributed by atoms with van der Waals surface area (Å²) in [6.45, 7) is 5.42. The van der Waals surface area contributed by atoms with E-state index in [9.17, 15) is 4.79 Å². The van der Waals surface area contributed by atoms with E-state index in [0.717, 1.165) is 51.4 Å². The van der Waals surface area contributed by atoms with Crippen LogP contribution in [0.25, 0.3) is 10.8 Å². The van der Waals surface area contributed by atoms with Gasteiger partial charge in [0.05, 0.1) is 19.6 Å². The second-order valence-corrected chi connectivity index (χ2v) is 5.97. The molecule has 0 spiro atoms. The van der Waals surface area contributed by atoms with Crippen LogP contribution >= 0.6 is 0 Å². The third-order valence-electron chi connectivity index (χ3n) is 4.31. The Hall–Kier alpha value is -1.91. The van der Waals surface area contributed by atoms with Crippen molar-refractivity contribution in [1.29, 1.82) is 0 Å². The van der Waals surface area contributed by atoms with Gasteiger partial charge >= 0.3 is 0 Å². The van der Waals surface area contributed by atoms with Crippen molar-refractivity contribution in [2.75, 3.05) is 39.4 Å². The van der Waals surface area contributed by atoms with Gasteiger partial charge in [0.15, 0.2) is 0 Å². The molecule has 0 unspecified atom stereocenters. The van der Waals surface area contributed by atoms with E-state index >= 15 is 0 Å². The molecule has 4 nitrogen and oxygen atoms in total. The summed E-state index contributed by atoms with van der Waals surface area (Å²) in [6, 6.07) is 14.3. The zero-order valence-corrected chi connectivity index (χ0v) is 13.5. The third-order valence-corrected chi connectivity index (χ3v) is 4.31. The average molecular weight is 312 g/mol. The van der Waals surface area contributed by atoms with E-state index in [0.29, 0.717) is 6.42 Å². The fourth-order valence-corrected chi connectivity index (χ4v) is 3.04. The second-order valence-electron chi connectivity index (χ2n) is 5.97. The molecule has 1 heterocycles. The summed E-state index contributed by atoms with van der Waals surface area (Å²) in [7, 11) is 0. The molecule has 122 valence electrons. The highest BCUT2D eigenvalue weighted by Crippen LogP contribution is 2.18. The molecule has 0 bridgehead atoms. The van der Waals surface area contributed by atoms with Gasteiger partial charge in [0.1, 0.15) is 0 Å². The minimum absolute atomic E-state index is 0.100. The first-order valence-corrected chi connectivity index (χ1v) is 8.36. The van der Waals surface area contributed by atoms with E-state index in [1.807, 2.05) is 24.3 Å². The van der Waals surface area contributed by atoms with Crippen LogP contribution in [0.1, 0.15) is 12.0 Å². The van der Waals surface area contributed by atoms with Crippen molar-refractivity contribution in [2.45, 2.75) is 12.8 Å². The number of nitrogens with zero attached hydrogens (tertiary/aromatic N) is 1. The number of carbonyl (C=O) groups excluding carboxylic acids is 1. The van der Waals surface area contributed by atoms with Crippen LogP contribution in [0.5, 0.6) is 0 Å². The SMILES string of the molecule is O=C(Cc1cccc2ccccc12)NCCCN1CCOCC1. The molecule has 3 rings (SSSR count). The smallest absolute Gasteiger partial charge is 0.224 e. The predicted octanol–water partition coefficient (Wildman–Crippen LogP) is 2.22. The van der Waals surface area contributed by atoms with Crippen LogP contribution in [-0.2, 0) is 16.0 Å². The normalized spacial score (nSPS) is 15.7. The highest BCUT2D eigenvalue weighted by atomic mass is 16.5. The van der Waals surface area contributed by atoms with Gasteiger partial charge in [-0.3, -0.25) is 9.69 Å². The molecule has 1 aliphatic rings. The predicted molar refractivity (Wildman–Crippen MR) is 92.5 cm³/mol. The molecule has 2 aromatic carbocycles. The number of benzene rings is 2. The Labute approximate surface area is 137 Å². The first-order chi connectivity index (χ1) is 11.3. The van der Waals surface area contributed by atoms with Gasteiger partial charge in [-0.1, -0.05) is 42.5 Å². The zero-order valence-electron chi connectivity index (χ0n) is 13.5. The van der Waals surface area contributed by atoms with Gasteiger partial charge in [0, 0.05) is 19.6 Å². The van der Waals surface area contributed by atoms with Crippen LogP contribution in [0.4, 0.5) is 0 Å². The molecule has 23 heavy (non-hydrogen) atoms. The maximum Gasteiger partial charge on any atom is 0.224 e. The number of nitrogens with one attached hydrogen (secondary N) is 1. The summed E-state index contributed by atoms with van der Waals surface area (Å²) in [5.74, 6) is 0.100. The Balaban J connectivity index is 1.45. The molecule has 1 amide bonds. The molecule has 1 N–H and O–H groups in total. The highest BCUT2D eigenvalue weighted by Gasteiger charge is 2.10. The van der Waals surface area contributed by atoms with Crippen molar-refractivity contribution in [2.24, 2.45) is 0 Å². The summed E-state index contributed by atoms with van der Waals surface area (Å²) >= 11 is 0. The highest BCUT2D eigenvalue weighted by molar-refractivity contribution is 5.90. The fourth-order valence-electron chi connectivity index (χ4n) is 3.04. The Kier molecular flexibility index (Phi) is 5.61. The van der Waals surface area contributed by atoms with Gasteiger partial charge in [-0.2, -0.15) is 0 Å². The first-order valence-electron chi connectivity index (χ1n) is 8.36. The molecule has 1 saturated heterocycles. The zero-order chi connectivity index (χ0) is 15.9. The first kappa shape index (κ1) is 16.0. The van der Waals surface area contributed by atoms with Gasteiger partial charge in [-0.15, -0.1) is 0 Å². The van der Waals surface area contributed by atoms with Crippen LogP contribution in [0.15, 0.2) is 42.5 Å². The Bertz CT molecular complexity index is 645. The summed E-state index contributed by atoms with van der Waals surface area (Å²) in [6.07, 6.45) is 1.43. The molecule has 2 aromatic rings. The number of morpholine rings is 1. The van der Waals surface area contributed by atoms with Crippen molar-refractivity contribution in [3.63, 3.8) is 0 Å². The summed E-state index contributed by atoms with van der Waals surface area (Å²) in [4.78, 5) is 14.6. The van der Waals surface area contributed by atoms with Crippen LogP contribution in [0.2, 0.25) is 0 Å². The molecule has 0 aromatic heterocycles. The summed E-state index contributed by atoms with van der Waals surface area (Å²) < 4.78 is 5.33. The van der Waals surface area contributed by atoms with Gasteiger partial charge in [0.25, 0.3) is 0 Å². The van der Waals surface area contributed by atoms with Crippen molar-refractivity contribution >= 4 is 16.7 Å². The van der Waals surface area contributed by atoms with E-state index < -0.39 is 0 Å². The molecule has 0 aliphatic carbocycles. The number of hydrogen-bond acceptors (Lipinski definition) is 3. The monoisotopic (exact) mass is 312 g/mol. The lowest BCUT2D eigenvalue weighted by molar-refractivity contribution is -0.120. The number of amides is 1. The Morgan fingerprint density at radius 3 is 2.74 bits per heavy atom. The molecule has 0 saturated carbocycles. The quantitative estimate of drug-likeness (QED) is 0.832. The Morgan fingerprint density at radius 1 is 1.09 bits per heavy atom. The minimum Gasteiger partial charge on any atom is -0.379 e. The molecule has 0 radical (unpaired) electrons. The summed E-state index contributed by atoms with van der Waals surface area (Å²) in [5, 5.41) is 5.39. The average Bonchev–Trinajstić information content (AvgIpc) is 2.60.